The number of amides is 2. The summed E-state index contributed by atoms with van der Waals surface area (Å²) >= 11 is 0. The second kappa shape index (κ2) is 6.58. The number of carbonyl (C=O) groups is 1. The fourth-order valence-electron chi connectivity index (χ4n) is 2.26. The van der Waals surface area contributed by atoms with Gasteiger partial charge in [-0.15, -0.1) is 0 Å². The highest BCUT2D eigenvalue weighted by molar-refractivity contribution is 6.28. The van der Waals surface area contributed by atoms with Crippen molar-refractivity contribution in [3.8, 4) is 6.07 Å². The summed E-state index contributed by atoms with van der Waals surface area (Å²) in [5.74, 6) is -0.104. The van der Waals surface area contributed by atoms with Crippen LogP contribution in [-0.2, 0) is 0 Å². The highest BCUT2D eigenvalue weighted by Crippen LogP contribution is 2.22. The van der Waals surface area contributed by atoms with Crippen molar-refractivity contribution in [1.29, 1.82) is 10.7 Å². The molecule has 3 rings (SSSR count). The minimum Gasteiger partial charge on any atom is -0.301 e. The predicted octanol–water partition coefficient (Wildman–Crippen LogP) is 3.05. The van der Waals surface area contributed by atoms with Gasteiger partial charge in [0.25, 0.3) is 0 Å². The van der Waals surface area contributed by atoms with E-state index in [1.165, 1.54) is 11.1 Å². The van der Waals surface area contributed by atoms with Gasteiger partial charge >= 0.3 is 6.03 Å². The van der Waals surface area contributed by atoms with Crippen molar-refractivity contribution in [2.45, 2.75) is 0 Å². The van der Waals surface area contributed by atoms with Crippen LogP contribution < -0.4 is 10.2 Å². The van der Waals surface area contributed by atoms with Gasteiger partial charge in [-0.25, -0.2) is 14.7 Å². The highest BCUT2D eigenvalue weighted by Gasteiger charge is 2.34. The van der Waals surface area contributed by atoms with Crippen molar-refractivity contribution in [2.75, 3.05) is 4.90 Å². The van der Waals surface area contributed by atoms with Crippen molar-refractivity contribution in [3.63, 3.8) is 0 Å². The average Bonchev–Trinajstić information content (AvgIpc) is 2.92. The second-order valence-corrected chi connectivity index (χ2v) is 4.95. The summed E-state index contributed by atoms with van der Waals surface area (Å²) < 4.78 is 0. The molecule has 1 aliphatic rings. The van der Waals surface area contributed by atoms with Crippen LogP contribution in [0.4, 0.5) is 10.5 Å². The SMILES string of the molecule is N#C/C(N=Cc1ccccc1)=C1/NC(=O)N(c2ccccc2)C1=N. The van der Waals surface area contributed by atoms with Gasteiger partial charge < -0.3 is 5.32 Å². The van der Waals surface area contributed by atoms with Crippen LogP contribution in [0.25, 0.3) is 0 Å². The van der Waals surface area contributed by atoms with Gasteiger partial charge in [0.15, 0.2) is 11.5 Å². The summed E-state index contributed by atoms with van der Waals surface area (Å²) in [6.07, 6.45) is 1.52. The summed E-state index contributed by atoms with van der Waals surface area (Å²) in [5, 5.41) is 20.1. The van der Waals surface area contributed by atoms with Crippen molar-refractivity contribution in [1.82, 2.24) is 5.32 Å². The van der Waals surface area contributed by atoms with E-state index in [4.69, 9.17) is 5.41 Å². The molecule has 0 radical (unpaired) electrons. The Labute approximate surface area is 138 Å². The van der Waals surface area contributed by atoms with Crippen LogP contribution in [0.2, 0.25) is 0 Å². The van der Waals surface area contributed by atoms with Gasteiger partial charge in [-0.05, 0) is 17.7 Å². The van der Waals surface area contributed by atoms with Gasteiger partial charge in [0.1, 0.15) is 11.8 Å². The second-order valence-electron chi connectivity index (χ2n) is 4.95. The van der Waals surface area contributed by atoms with E-state index in [9.17, 15) is 10.1 Å². The number of nitrogens with zero attached hydrogens (tertiary/aromatic N) is 3. The number of hydrogen-bond donors (Lipinski definition) is 2. The first kappa shape index (κ1) is 15.2. The number of benzene rings is 2. The average molecular weight is 315 g/mol. The third-order valence-corrected chi connectivity index (χ3v) is 3.39. The van der Waals surface area contributed by atoms with Crippen LogP contribution in [0.15, 0.2) is 77.1 Å². The molecular formula is C18H13N5O. The van der Waals surface area contributed by atoms with E-state index in [1.54, 1.807) is 24.3 Å². The van der Waals surface area contributed by atoms with Crippen molar-refractivity contribution in [3.05, 3.63) is 77.6 Å². The van der Waals surface area contributed by atoms with Crippen molar-refractivity contribution >= 4 is 23.8 Å². The molecule has 0 spiro atoms. The Morgan fingerprint density at radius 3 is 2.38 bits per heavy atom. The topological polar surface area (TPSA) is 92.3 Å². The van der Waals surface area contributed by atoms with E-state index in [0.717, 1.165) is 5.56 Å². The largest absolute Gasteiger partial charge is 0.332 e. The van der Waals surface area contributed by atoms with Gasteiger partial charge in [-0.1, -0.05) is 48.5 Å². The Bertz CT molecular complexity index is 879. The van der Waals surface area contributed by atoms with Gasteiger partial charge in [-0.3, -0.25) is 5.41 Å². The van der Waals surface area contributed by atoms with Crippen molar-refractivity contribution < 1.29 is 4.79 Å². The molecule has 6 nitrogen and oxygen atoms in total. The third kappa shape index (κ3) is 2.91. The number of anilines is 1. The smallest absolute Gasteiger partial charge is 0.301 e. The molecule has 6 heteroatoms. The quantitative estimate of drug-likeness (QED) is 0.673. The first-order valence-corrected chi connectivity index (χ1v) is 7.19. The van der Waals surface area contributed by atoms with Crippen LogP contribution in [0, 0.1) is 16.7 Å². The Hall–Kier alpha value is -3.72. The maximum Gasteiger partial charge on any atom is 0.332 e. The Kier molecular flexibility index (Phi) is 4.17. The molecule has 0 bridgehead atoms. The lowest BCUT2D eigenvalue weighted by molar-refractivity contribution is 0.253. The maximum atomic E-state index is 12.2. The molecule has 2 N–H and O–H groups in total. The number of para-hydroxylation sites is 1. The standard InChI is InChI=1S/C18H13N5O/c19-11-15(21-12-13-7-3-1-4-8-13)16-17(20)23(18(24)22-16)14-9-5-2-6-10-14/h1-10,12,20H,(H,22,24)/b16-15-,20-17?,21-12?. The fraction of sp³-hybridized carbons (Fsp3) is 0. The monoisotopic (exact) mass is 315 g/mol. The minimum absolute atomic E-state index is 0.0179. The molecule has 1 heterocycles. The van der Waals surface area contributed by atoms with Crippen LogP contribution in [0.1, 0.15) is 5.56 Å². The highest BCUT2D eigenvalue weighted by atomic mass is 16.2. The van der Waals surface area contributed by atoms with Crippen LogP contribution in [-0.4, -0.2) is 18.1 Å². The third-order valence-electron chi connectivity index (χ3n) is 3.39. The number of hydrogen-bond acceptors (Lipinski definition) is 4. The Balaban J connectivity index is 1.94. The van der Waals surface area contributed by atoms with E-state index in [-0.39, 0.29) is 17.2 Å². The minimum atomic E-state index is -0.483. The lowest BCUT2D eigenvalue weighted by Crippen LogP contribution is -2.30. The molecule has 2 amide bonds. The number of nitriles is 1. The molecule has 0 atom stereocenters. The molecule has 116 valence electrons. The molecule has 0 aliphatic carbocycles. The zero-order chi connectivity index (χ0) is 16.9. The molecule has 24 heavy (non-hydrogen) atoms. The zero-order valence-corrected chi connectivity index (χ0v) is 12.6. The molecule has 2 aromatic rings. The molecule has 0 aromatic heterocycles. The summed E-state index contributed by atoms with van der Waals surface area (Å²) in [7, 11) is 0. The number of nitrogens with one attached hydrogen (secondary N) is 2. The number of rotatable bonds is 3. The van der Waals surface area contributed by atoms with E-state index < -0.39 is 6.03 Å². The summed E-state index contributed by atoms with van der Waals surface area (Å²) in [5.41, 5.74) is 1.45. The molecule has 2 aromatic carbocycles. The predicted molar refractivity (Wildman–Crippen MR) is 91.9 cm³/mol. The normalized spacial score (nSPS) is 16.2. The van der Waals surface area contributed by atoms with Crippen LogP contribution in [0.5, 0.6) is 0 Å². The maximum absolute atomic E-state index is 12.2. The zero-order valence-electron chi connectivity index (χ0n) is 12.6. The molecular weight excluding hydrogens is 302 g/mol. The number of aliphatic imine (C=N–C) groups is 1. The summed E-state index contributed by atoms with van der Waals surface area (Å²) in [6.45, 7) is 0. The van der Waals surface area contributed by atoms with Gasteiger partial charge in [-0.2, -0.15) is 5.26 Å². The lowest BCUT2D eigenvalue weighted by Gasteiger charge is -2.13. The summed E-state index contributed by atoms with van der Waals surface area (Å²) in [4.78, 5) is 17.5. The van der Waals surface area contributed by atoms with Gasteiger partial charge in [0.05, 0.1) is 5.69 Å². The molecule has 0 saturated carbocycles. The molecule has 0 unspecified atom stereocenters. The van der Waals surface area contributed by atoms with Crippen LogP contribution >= 0.6 is 0 Å². The Morgan fingerprint density at radius 1 is 1.12 bits per heavy atom. The number of urea groups is 1. The molecule has 1 saturated heterocycles. The van der Waals surface area contributed by atoms with E-state index in [1.807, 2.05) is 42.5 Å². The molecule has 1 fully saturated rings. The first-order chi connectivity index (χ1) is 11.7. The van der Waals surface area contributed by atoms with Gasteiger partial charge in [0.2, 0.25) is 0 Å². The number of amidine groups is 1. The number of allylic oxidation sites excluding steroid dienone is 1. The molecule has 1 aliphatic heterocycles. The Morgan fingerprint density at radius 2 is 1.75 bits per heavy atom. The van der Waals surface area contributed by atoms with Gasteiger partial charge in [0, 0.05) is 6.21 Å². The first-order valence-electron chi connectivity index (χ1n) is 7.19. The van der Waals surface area contributed by atoms with Crippen LogP contribution in [0.3, 0.4) is 0 Å². The lowest BCUT2D eigenvalue weighted by atomic mass is 10.2. The van der Waals surface area contributed by atoms with E-state index in [0.29, 0.717) is 5.69 Å². The summed E-state index contributed by atoms with van der Waals surface area (Å²) in [6, 6.07) is 19.5. The van der Waals surface area contributed by atoms with E-state index >= 15 is 0 Å². The fourth-order valence-corrected chi connectivity index (χ4v) is 2.26. The van der Waals surface area contributed by atoms with E-state index in [2.05, 4.69) is 10.3 Å². The number of carbonyl (C=O) groups excluding carboxylic acids is 1. The van der Waals surface area contributed by atoms with Crippen molar-refractivity contribution in [2.24, 2.45) is 4.99 Å².